The molecule has 2 aromatic rings. The highest BCUT2D eigenvalue weighted by Gasteiger charge is 2.22. The predicted molar refractivity (Wildman–Crippen MR) is 125 cm³/mol. The Labute approximate surface area is 189 Å². The molecule has 1 amide bonds. The third kappa shape index (κ3) is 5.12. The minimum Gasteiger partial charge on any atom is -0.493 e. The molecule has 8 nitrogen and oxygen atoms in total. The molecule has 170 valence electrons. The van der Waals surface area contributed by atoms with Crippen molar-refractivity contribution in [1.82, 2.24) is 14.9 Å². The van der Waals surface area contributed by atoms with Crippen molar-refractivity contribution in [2.75, 3.05) is 63.3 Å². The molecule has 4 rings (SSSR count). The molecule has 2 aliphatic heterocycles. The molecule has 0 spiro atoms. The second-order valence-electron chi connectivity index (χ2n) is 8.02. The van der Waals surface area contributed by atoms with E-state index >= 15 is 0 Å². The van der Waals surface area contributed by atoms with Crippen LogP contribution >= 0.6 is 0 Å². The number of piperazine rings is 1. The number of rotatable bonds is 6. The molecule has 1 aromatic heterocycles. The summed E-state index contributed by atoms with van der Waals surface area (Å²) in [7, 11) is 3.20. The summed E-state index contributed by atoms with van der Waals surface area (Å²) in [5, 5.41) is 0. The zero-order chi connectivity index (χ0) is 22.3. The number of methoxy groups -OCH3 is 2. The summed E-state index contributed by atoms with van der Waals surface area (Å²) >= 11 is 0. The van der Waals surface area contributed by atoms with E-state index in [1.54, 1.807) is 20.3 Å². The lowest BCUT2D eigenvalue weighted by atomic mass is 10.1. The summed E-state index contributed by atoms with van der Waals surface area (Å²) in [5.41, 5.74) is 0.890. The Morgan fingerprint density at radius 3 is 2.38 bits per heavy atom. The standard InChI is InChI=1S/C24H31N5O3/c1-31-20-8-6-19(18-21(20)32-2)7-9-23(30)28-16-14-27(15-17-28)22-10-11-25-24(26-22)29-12-4-3-5-13-29/h6-11,18H,3-5,12-17H2,1-2H3/b9-7+. The van der Waals surface area contributed by atoms with Gasteiger partial charge < -0.3 is 24.2 Å². The lowest BCUT2D eigenvalue weighted by Gasteiger charge is -2.35. The highest BCUT2D eigenvalue weighted by Crippen LogP contribution is 2.28. The molecule has 1 aromatic carbocycles. The van der Waals surface area contributed by atoms with Crippen LogP contribution in [0, 0.1) is 0 Å². The van der Waals surface area contributed by atoms with Gasteiger partial charge in [0, 0.05) is 51.5 Å². The third-order valence-corrected chi connectivity index (χ3v) is 6.01. The van der Waals surface area contributed by atoms with Gasteiger partial charge in [0.05, 0.1) is 14.2 Å². The maximum Gasteiger partial charge on any atom is 0.246 e. The molecule has 3 heterocycles. The Morgan fingerprint density at radius 1 is 0.906 bits per heavy atom. The van der Waals surface area contributed by atoms with Gasteiger partial charge in [-0.1, -0.05) is 6.07 Å². The fourth-order valence-corrected chi connectivity index (χ4v) is 4.15. The number of piperidine rings is 1. The second kappa shape index (κ2) is 10.3. The smallest absolute Gasteiger partial charge is 0.246 e. The molecule has 0 saturated carbocycles. The molecule has 2 fully saturated rings. The van der Waals surface area contributed by atoms with Crippen molar-refractivity contribution in [1.29, 1.82) is 0 Å². The molecule has 0 unspecified atom stereocenters. The normalized spacial score (nSPS) is 17.0. The number of nitrogens with zero attached hydrogens (tertiary/aromatic N) is 5. The lowest BCUT2D eigenvalue weighted by molar-refractivity contribution is -0.126. The lowest BCUT2D eigenvalue weighted by Crippen LogP contribution is -2.48. The van der Waals surface area contributed by atoms with Crippen LogP contribution in [0.1, 0.15) is 24.8 Å². The quantitative estimate of drug-likeness (QED) is 0.644. The number of carbonyl (C=O) groups is 1. The van der Waals surface area contributed by atoms with Crippen LogP contribution in [-0.2, 0) is 4.79 Å². The average molecular weight is 438 g/mol. The van der Waals surface area contributed by atoms with E-state index in [-0.39, 0.29) is 5.91 Å². The summed E-state index contributed by atoms with van der Waals surface area (Å²) in [6, 6.07) is 7.55. The number of anilines is 2. The molecule has 32 heavy (non-hydrogen) atoms. The molecular weight excluding hydrogens is 406 g/mol. The van der Waals surface area contributed by atoms with Gasteiger partial charge in [-0.3, -0.25) is 4.79 Å². The molecule has 0 radical (unpaired) electrons. The van der Waals surface area contributed by atoms with Gasteiger partial charge in [0.15, 0.2) is 11.5 Å². The molecule has 2 aliphatic rings. The summed E-state index contributed by atoms with van der Waals surface area (Å²) < 4.78 is 10.6. The van der Waals surface area contributed by atoms with Crippen molar-refractivity contribution in [3.8, 4) is 11.5 Å². The molecular formula is C24H31N5O3. The zero-order valence-corrected chi connectivity index (χ0v) is 18.9. The predicted octanol–water partition coefficient (Wildman–Crippen LogP) is 2.85. The van der Waals surface area contributed by atoms with Crippen LogP contribution in [0.25, 0.3) is 6.08 Å². The van der Waals surface area contributed by atoms with Crippen LogP contribution in [0.2, 0.25) is 0 Å². The molecule has 0 aliphatic carbocycles. The van der Waals surface area contributed by atoms with E-state index in [4.69, 9.17) is 14.5 Å². The van der Waals surface area contributed by atoms with Crippen molar-refractivity contribution < 1.29 is 14.3 Å². The van der Waals surface area contributed by atoms with Crippen LogP contribution < -0.4 is 19.3 Å². The van der Waals surface area contributed by atoms with Gasteiger partial charge in [-0.05, 0) is 49.1 Å². The van der Waals surface area contributed by atoms with E-state index in [1.807, 2.05) is 41.4 Å². The summed E-state index contributed by atoms with van der Waals surface area (Å²) in [4.78, 5) is 28.3. The van der Waals surface area contributed by atoms with Gasteiger partial charge >= 0.3 is 0 Å². The van der Waals surface area contributed by atoms with E-state index in [9.17, 15) is 4.79 Å². The van der Waals surface area contributed by atoms with Gasteiger partial charge in [0.25, 0.3) is 0 Å². The first-order valence-electron chi connectivity index (χ1n) is 11.2. The SMILES string of the molecule is COc1ccc(/C=C/C(=O)N2CCN(c3ccnc(N4CCCCC4)n3)CC2)cc1OC. The second-order valence-corrected chi connectivity index (χ2v) is 8.02. The fourth-order valence-electron chi connectivity index (χ4n) is 4.15. The number of hydrogen-bond acceptors (Lipinski definition) is 7. The summed E-state index contributed by atoms with van der Waals surface area (Å²) in [5.74, 6) is 3.08. The number of carbonyl (C=O) groups excluding carboxylic acids is 1. The largest absolute Gasteiger partial charge is 0.493 e. The first kappa shape index (κ1) is 21.9. The van der Waals surface area contributed by atoms with Gasteiger partial charge in [-0.15, -0.1) is 0 Å². The van der Waals surface area contributed by atoms with Gasteiger partial charge in [0.1, 0.15) is 5.82 Å². The highest BCUT2D eigenvalue weighted by atomic mass is 16.5. The van der Waals surface area contributed by atoms with E-state index < -0.39 is 0 Å². The molecule has 0 N–H and O–H groups in total. The van der Waals surface area contributed by atoms with Crippen molar-refractivity contribution in [3.05, 3.63) is 42.1 Å². The van der Waals surface area contributed by atoms with Crippen molar-refractivity contribution >= 4 is 23.7 Å². The maximum absolute atomic E-state index is 12.7. The number of ether oxygens (including phenoxy) is 2. The van der Waals surface area contributed by atoms with Crippen molar-refractivity contribution in [3.63, 3.8) is 0 Å². The van der Waals surface area contributed by atoms with E-state index in [0.717, 1.165) is 43.5 Å². The number of aromatic nitrogens is 2. The minimum atomic E-state index is 0.0103. The van der Waals surface area contributed by atoms with Crippen molar-refractivity contribution in [2.45, 2.75) is 19.3 Å². The fraction of sp³-hybridized carbons (Fsp3) is 0.458. The van der Waals surface area contributed by atoms with E-state index in [0.29, 0.717) is 24.6 Å². The van der Waals surface area contributed by atoms with E-state index in [2.05, 4.69) is 14.8 Å². The average Bonchev–Trinajstić information content (AvgIpc) is 2.87. The van der Waals surface area contributed by atoms with Gasteiger partial charge in [-0.2, -0.15) is 4.98 Å². The van der Waals surface area contributed by atoms with Crippen LogP contribution in [-0.4, -0.2) is 74.3 Å². The Hall–Kier alpha value is -3.29. The van der Waals surface area contributed by atoms with Crippen LogP contribution in [0.3, 0.4) is 0 Å². The van der Waals surface area contributed by atoms with Crippen LogP contribution in [0.4, 0.5) is 11.8 Å². The number of amides is 1. The Balaban J connectivity index is 1.33. The Bertz CT molecular complexity index is 950. The number of benzene rings is 1. The topological polar surface area (TPSA) is 71.0 Å². The monoisotopic (exact) mass is 437 g/mol. The minimum absolute atomic E-state index is 0.0103. The first-order valence-corrected chi connectivity index (χ1v) is 11.2. The summed E-state index contributed by atoms with van der Waals surface area (Å²) in [6.07, 6.45) is 8.96. The zero-order valence-electron chi connectivity index (χ0n) is 18.9. The maximum atomic E-state index is 12.7. The molecule has 8 heteroatoms. The molecule has 2 saturated heterocycles. The third-order valence-electron chi connectivity index (χ3n) is 6.01. The van der Waals surface area contributed by atoms with Crippen molar-refractivity contribution in [2.24, 2.45) is 0 Å². The summed E-state index contributed by atoms with van der Waals surface area (Å²) in [6.45, 7) is 4.89. The van der Waals surface area contributed by atoms with Crippen LogP contribution in [0.5, 0.6) is 11.5 Å². The van der Waals surface area contributed by atoms with Gasteiger partial charge in [-0.25, -0.2) is 4.98 Å². The highest BCUT2D eigenvalue weighted by molar-refractivity contribution is 5.92. The number of hydrogen-bond donors (Lipinski definition) is 0. The molecule has 0 bridgehead atoms. The Kier molecular flexibility index (Phi) is 7.09. The van der Waals surface area contributed by atoms with Gasteiger partial charge in [0.2, 0.25) is 11.9 Å². The van der Waals surface area contributed by atoms with Crippen LogP contribution in [0.15, 0.2) is 36.5 Å². The molecule has 0 atom stereocenters. The Morgan fingerprint density at radius 2 is 1.66 bits per heavy atom. The van der Waals surface area contributed by atoms with E-state index in [1.165, 1.54) is 19.3 Å². The first-order chi connectivity index (χ1) is 15.7.